The van der Waals surface area contributed by atoms with Crippen molar-refractivity contribution in [3.8, 4) is 0 Å². The molecule has 0 aromatic carbocycles. The van der Waals surface area contributed by atoms with Gasteiger partial charge in [-0.05, 0) is 39.8 Å². The third-order valence-electron chi connectivity index (χ3n) is 3.31. The molecule has 6 nitrogen and oxygen atoms in total. The minimum Gasteiger partial charge on any atom is -0.462 e. The molecule has 7 heteroatoms. The van der Waals surface area contributed by atoms with E-state index in [4.69, 9.17) is 9.47 Å². The second kappa shape index (κ2) is 7.21. The number of ether oxygens (including phenoxy) is 2. The molecule has 0 spiro atoms. The van der Waals surface area contributed by atoms with Gasteiger partial charge in [-0.3, -0.25) is 0 Å². The van der Waals surface area contributed by atoms with E-state index in [2.05, 4.69) is 4.90 Å². The summed E-state index contributed by atoms with van der Waals surface area (Å²) in [7, 11) is 0. The zero-order valence-corrected chi connectivity index (χ0v) is 14.9. The van der Waals surface area contributed by atoms with E-state index >= 15 is 0 Å². The number of rotatable bonds is 3. The van der Waals surface area contributed by atoms with Crippen LogP contribution in [0.15, 0.2) is 12.1 Å². The normalized spacial score (nSPS) is 15.5. The third-order valence-corrected chi connectivity index (χ3v) is 4.44. The predicted molar refractivity (Wildman–Crippen MR) is 90.3 cm³/mol. The molecule has 0 radical (unpaired) electrons. The van der Waals surface area contributed by atoms with E-state index in [-0.39, 0.29) is 12.1 Å². The minimum absolute atomic E-state index is 0.268. The van der Waals surface area contributed by atoms with Crippen molar-refractivity contribution in [3.63, 3.8) is 0 Å². The highest BCUT2D eigenvalue weighted by Gasteiger charge is 2.26. The molecular weight excluding hydrogens is 316 g/mol. The minimum atomic E-state index is -0.476. The van der Waals surface area contributed by atoms with Gasteiger partial charge in [0.25, 0.3) is 0 Å². The molecule has 2 rings (SSSR count). The fourth-order valence-corrected chi connectivity index (χ4v) is 3.20. The smallest absolute Gasteiger partial charge is 0.410 e. The molecule has 0 unspecified atom stereocenters. The van der Waals surface area contributed by atoms with E-state index in [0.717, 1.165) is 18.1 Å². The summed E-state index contributed by atoms with van der Waals surface area (Å²) in [5.41, 5.74) is -0.476. The summed E-state index contributed by atoms with van der Waals surface area (Å²) in [5.74, 6) is -0.281. The quantitative estimate of drug-likeness (QED) is 0.792. The molecule has 1 aliphatic rings. The van der Waals surface area contributed by atoms with E-state index in [1.54, 1.807) is 17.9 Å². The average molecular weight is 340 g/mol. The number of esters is 1. The molecule has 1 fully saturated rings. The SMILES string of the molecule is CCOC(=O)c1ccc(N2CCN(C(=O)OC(C)(C)C)CC2)s1. The molecule has 0 saturated carbocycles. The Morgan fingerprint density at radius 2 is 1.83 bits per heavy atom. The van der Waals surface area contributed by atoms with Crippen LogP contribution < -0.4 is 4.90 Å². The first-order valence-corrected chi connectivity index (χ1v) is 8.61. The number of piperazine rings is 1. The average Bonchev–Trinajstić information content (AvgIpc) is 2.96. The van der Waals surface area contributed by atoms with Crippen molar-refractivity contribution in [2.75, 3.05) is 37.7 Å². The Labute approximate surface area is 141 Å². The van der Waals surface area contributed by atoms with Gasteiger partial charge in [0.1, 0.15) is 10.5 Å². The molecule has 2 heterocycles. The van der Waals surface area contributed by atoms with E-state index in [1.165, 1.54) is 11.3 Å². The van der Waals surface area contributed by atoms with Crippen LogP contribution in [-0.4, -0.2) is 55.3 Å². The van der Waals surface area contributed by atoms with Crippen molar-refractivity contribution in [2.45, 2.75) is 33.3 Å². The van der Waals surface area contributed by atoms with Crippen molar-refractivity contribution < 1.29 is 19.1 Å². The molecule has 0 N–H and O–H groups in total. The Balaban J connectivity index is 1.89. The van der Waals surface area contributed by atoms with Crippen molar-refractivity contribution in [1.29, 1.82) is 0 Å². The van der Waals surface area contributed by atoms with Crippen LogP contribution in [0.25, 0.3) is 0 Å². The summed E-state index contributed by atoms with van der Waals surface area (Å²) >= 11 is 1.42. The van der Waals surface area contributed by atoms with Gasteiger partial charge < -0.3 is 19.3 Å². The van der Waals surface area contributed by atoms with E-state index < -0.39 is 5.60 Å². The topological polar surface area (TPSA) is 59.1 Å². The van der Waals surface area contributed by atoms with Crippen LogP contribution in [0.4, 0.5) is 9.80 Å². The first-order chi connectivity index (χ1) is 10.8. The summed E-state index contributed by atoms with van der Waals surface area (Å²) in [6.07, 6.45) is -0.268. The first kappa shape index (κ1) is 17.6. The number of carbonyl (C=O) groups is 2. The summed E-state index contributed by atoms with van der Waals surface area (Å²) < 4.78 is 10.4. The number of amides is 1. The van der Waals surface area contributed by atoms with Crippen LogP contribution in [0, 0.1) is 0 Å². The van der Waals surface area contributed by atoms with Crippen molar-refractivity contribution in [2.24, 2.45) is 0 Å². The Kier molecular flexibility index (Phi) is 5.51. The molecule has 1 aromatic heterocycles. The maximum absolute atomic E-state index is 12.0. The number of thiophene rings is 1. The van der Waals surface area contributed by atoms with Gasteiger partial charge in [0.2, 0.25) is 0 Å². The molecule has 1 aliphatic heterocycles. The standard InChI is InChI=1S/C16H24N2O4S/c1-5-21-14(19)12-6-7-13(23-12)17-8-10-18(11-9-17)15(20)22-16(2,3)4/h6-7H,5,8-11H2,1-4H3. The lowest BCUT2D eigenvalue weighted by Gasteiger charge is -2.36. The Bertz CT molecular complexity index is 557. The van der Waals surface area contributed by atoms with Crippen LogP contribution >= 0.6 is 11.3 Å². The number of hydrogen-bond acceptors (Lipinski definition) is 6. The third kappa shape index (κ3) is 4.86. The lowest BCUT2D eigenvalue weighted by Crippen LogP contribution is -2.49. The fourth-order valence-electron chi connectivity index (χ4n) is 2.25. The Morgan fingerprint density at radius 1 is 1.17 bits per heavy atom. The predicted octanol–water partition coefficient (Wildman–Crippen LogP) is 2.98. The summed E-state index contributed by atoms with van der Waals surface area (Å²) in [4.78, 5) is 28.3. The Hall–Kier alpha value is -1.76. The summed E-state index contributed by atoms with van der Waals surface area (Å²) in [5, 5.41) is 1.02. The van der Waals surface area contributed by atoms with Crippen LogP contribution in [0.3, 0.4) is 0 Å². The van der Waals surface area contributed by atoms with Crippen molar-refractivity contribution in [3.05, 3.63) is 17.0 Å². The zero-order valence-electron chi connectivity index (χ0n) is 14.1. The van der Waals surface area contributed by atoms with Crippen LogP contribution in [0.2, 0.25) is 0 Å². The second-order valence-corrected chi connectivity index (χ2v) is 7.38. The lowest BCUT2D eigenvalue weighted by molar-refractivity contribution is 0.0240. The fraction of sp³-hybridized carbons (Fsp3) is 0.625. The molecule has 1 saturated heterocycles. The number of nitrogens with zero attached hydrogens (tertiary/aromatic N) is 2. The second-order valence-electron chi connectivity index (χ2n) is 6.31. The van der Waals surface area contributed by atoms with Gasteiger partial charge >= 0.3 is 12.1 Å². The van der Waals surface area contributed by atoms with E-state index in [1.807, 2.05) is 26.8 Å². The molecule has 0 bridgehead atoms. The monoisotopic (exact) mass is 340 g/mol. The maximum Gasteiger partial charge on any atom is 0.410 e. The van der Waals surface area contributed by atoms with E-state index in [9.17, 15) is 9.59 Å². The van der Waals surface area contributed by atoms with E-state index in [0.29, 0.717) is 24.6 Å². The van der Waals surface area contributed by atoms with Gasteiger partial charge in [0, 0.05) is 26.2 Å². The van der Waals surface area contributed by atoms with Crippen molar-refractivity contribution in [1.82, 2.24) is 4.90 Å². The molecule has 0 aliphatic carbocycles. The number of hydrogen-bond donors (Lipinski definition) is 0. The molecule has 1 amide bonds. The molecule has 1 aromatic rings. The maximum atomic E-state index is 12.0. The highest BCUT2D eigenvalue weighted by Crippen LogP contribution is 2.27. The summed E-state index contributed by atoms with van der Waals surface area (Å²) in [6, 6.07) is 3.72. The molecular formula is C16H24N2O4S. The van der Waals surface area contributed by atoms with Gasteiger partial charge in [0.05, 0.1) is 11.6 Å². The zero-order chi connectivity index (χ0) is 17.0. The van der Waals surface area contributed by atoms with Crippen LogP contribution in [-0.2, 0) is 9.47 Å². The lowest BCUT2D eigenvalue weighted by atomic mass is 10.2. The van der Waals surface area contributed by atoms with Gasteiger partial charge in [-0.25, -0.2) is 9.59 Å². The molecule has 23 heavy (non-hydrogen) atoms. The van der Waals surface area contributed by atoms with Crippen LogP contribution in [0.5, 0.6) is 0 Å². The number of carbonyl (C=O) groups excluding carboxylic acids is 2. The molecule has 128 valence electrons. The van der Waals surface area contributed by atoms with Crippen molar-refractivity contribution >= 4 is 28.4 Å². The van der Waals surface area contributed by atoms with Crippen LogP contribution in [0.1, 0.15) is 37.4 Å². The number of anilines is 1. The summed E-state index contributed by atoms with van der Waals surface area (Å²) in [6.45, 7) is 10.4. The van der Waals surface area contributed by atoms with Gasteiger partial charge in [-0.2, -0.15) is 0 Å². The van der Waals surface area contributed by atoms with Gasteiger partial charge in [0.15, 0.2) is 0 Å². The Morgan fingerprint density at radius 3 is 2.39 bits per heavy atom. The highest BCUT2D eigenvalue weighted by molar-refractivity contribution is 7.17. The highest BCUT2D eigenvalue weighted by atomic mass is 32.1. The first-order valence-electron chi connectivity index (χ1n) is 7.80. The largest absolute Gasteiger partial charge is 0.462 e. The van der Waals surface area contributed by atoms with Gasteiger partial charge in [-0.15, -0.1) is 11.3 Å². The molecule has 0 atom stereocenters. The van der Waals surface area contributed by atoms with Gasteiger partial charge in [-0.1, -0.05) is 0 Å².